The van der Waals surface area contributed by atoms with Crippen LogP contribution in [0.15, 0.2) is 0 Å². The average molecular weight is 366 g/mol. The Balaban J connectivity index is -0.00000000900. The van der Waals surface area contributed by atoms with Crippen molar-refractivity contribution < 1.29 is 26.7 Å². The summed E-state index contributed by atoms with van der Waals surface area (Å²) < 4.78 is 0. The molecular formula is C2FeI2O2. The van der Waals surface area contributed by atoms with Crippen LogP contribution in [0.4, 0.5) is 0 Å². The van der Waals surface area contributed by atoms with Gasteiger partial charge in [-0.2, -0.15) is 0 Å². The van der Waals surface area contributed by atoms with Crippen molar-refractivity contribution in [1.82, 2.24) is 0 Å². The largest absolute Gasteiger partial charge is 0.281 e. The second-order valence-corrected chi connectivity index (χ2v) is 0. The molecule has 0 spiro atoms. The van der Waals surface area contributed by atoms with Crippen LogP contribution in [0.5, 0.6) is 0 Å². The van der Waals surface area contributed by atoms with Gasteiger partial charge in [-0.15, -0.1) is 0 Å². The molecule has 0 unspecified atom stereocenters. The number of rotatable bonds is 0. The fourth-order valence-electron chi connectivity index (χ4n) is 0. The van der Waals surface area contributed by atoms with Crippen LogP contribution in [-0.2, 0) is 26.7 Å². The van der Waals surface area contributed by atoms with Gasteiger partial charge in [0.15, 0.2) is 0 Å². The molecule has 0 aromatic rings. The van der Waals surface area contributed by atoms with Gasteiger partial charge in [-0.25, -0.2) is 0 Å². The first kappa shape index (κ1) is 23.9. The zero-order valence-corrected chi connectivity index (χ0v) is 8.35. The normalized spacial score (nSPS) is 2.00. The minimum Gasteiger partial charge on any atom is -0.281 e. The summed E-state index contributed by atoms with van der Waals surface area (Å²) >= 11 is 4.24. The standard InChI is InChI=1S/2CO.Fe.I2/c2*1-2;;1-2. The van der Waals surface area contributed by atoms with E-state index in [4.69, 9.17) is 9.59 Å². The molecule has 2 nitrogen and oxygen atoms in total. The Labute approximate surface area is 76.6 Å². The summed E-state index contributed by atoms with van der Waals surface area (Å²) in [5.74, 6) is 0. The van der Waals surface area contributed by atoms with Crippen molar-refractivity contribution in [1.29, 1.82) is 0 Å². The van der Waals surface area contributed by atoms with Gasteiger partial charge in [0.05, 0.1) is 0 Å². The second-order valence-electron chi connectivity index (χ2n) is 0. The van der Waals surface area contributed by atoms with Crippen molar-refractivity contribution in [2.75, 3.05) is 0 Å². The molecule has 0 heterocycles. The molecule has 0 aliphatic rings. The molecule has 0 amide bonds. The zero-order chi connectivity index (χ0) is 6.00. The van der Waals surface area contributed by atoms with Gasteiger partial charge < -0.3 is 0 Å². The monoisotopic (exact) mass is 366 g/mol. The molecule has 42 valence electrons. The number of halogens is 2. The van der Waals surface area contributed by atoms with Crippen molar-refractivity contribution in [2.45, 2.75) is 0 Å². The van der Waals surface area contributed by atoms with Crippen molar-refractivity contribution >= 4 is 50.8 Å². The molecule has 0 aliphatic heterocycles. The van der Waals surface area contributed by atoms with Crippen LogP contribution in [0.25, 0.3) is 0 Å². The van der Waals surface area contributed by atoms with E-state index in [9.17, 15) is 0 Å². The molecule has 0 rings (SSSR count). The van der Waals surface area contributed by atoms with Crippen molar-refractivity contribution in [2.24, 2.45) is 0 Å². The van der Waals surface area contributed by atoms with E-state index in [1.807, 2.05) is 0 Å². The molecule has 4 radical (unpaired) electrons. The van der Waals surface area contributed by atoms with Crippen LogP contribution in [0, 0.1) is 0 Å². The smallest absolute Gasteiger partial charge is 0.281 e. The molecule has 5 heteroatoms. The first-order chi connectivity index (χ1) is 3.00. The summed E-state index contributed by atoms with van der Waals surface area (Å²) in [6.07, 6.45) is 0. The summed E-state index contributed by atoms with van der Waals surface area (Å²) in [6.45, 7) is 9.00. The maximum absolute atomic E-state index is 7.50. The summed E-state index contributed by atoms with van der Waals surface area (Å²) in [7, 11) is 0. The van der Waals surface area contributed by atoms with Gasteiger partial charge in [0, 0.05) is 54.3 Å². The third kappa shape index (κ3) is 119. The molecule has 0 aliphatic carbocycles. The van der Waals surface area contributed by atoms with Gasteiger partial charge in [0.1, 0.15) is 0 Å². The fourth-order valence-corrected chi connectivity index (χ4v) is 0. The van der Waals surface area contributed by atoms with E-state index in [0.29, 0.717) is 0 Å². The predicted molar refractivity (Wildman–Crippen MR) is 39.4 cm³/mol. The van der Waals surface area contributed by atoms with Crippen LogP contribution in [0.2, 0.25) is 0 Å². The van der Waals surface area contributed by atoms with E-state index in [2.05, 4.69) is 50.8 Å². The Morgan fingerprint density at radius 3 is 0.857 bits per heavy atom. The van der Waals surface area contributed by atoms with Gasteiger partial charge in [-0.3, -0.25) is 9.59 Å². The zero-order valence-electron chi connectivity index (χ0n) is 2.93. The van der Waals surface area contributed by atoms with Gasteiger partial charge >= 0.3 is 0 Å². The molecule has 0 saturated heterocycles. The molecule has 0 bridgehead atoms. The van der Waals surface area contributed by atoms with Gasteiger partial charge in [0.2, 0.25) is 0 Å². The van der Waals surface area contributed by atoms with Crippen LogP contribution >= 0.6 is 37.2 Å². The third-order valence-corrected chi connectivity index (χ3v) is 0. The molecule has 0 N–H and O–H groups in total. The maximum Gasteiger partial charge on any atom is 0.281 e. The second kappa shape index (κ2) is 168. The van der Waals surface area contributed by atoms with Crippen LogP contribution in [0.1, 0.15) is 0 Å². The predicted octanol–water partition coefficient (Wildman–Crippen LogP) is 0.975. The van der Waals surface area contributed by atoms with E-state index in [-0.39, 0.29) is 17.1 Å². The first-order valence-electron chi connectivity index (χ1n) is 0.551. The van der Waals surface area contributed by atoms with Gasteiger partial charge in [0.25, 0.3) is 13.6 Å². The van der Waals surface area contributed by atoms with Crippen molar-refractivity contribution in [3.63, 3.8) is 0 Å². The van der Waals surface area contributed by atoms with Gasteiger partial charge in [-0.1, -0.05) is 0 Å². The summed E-state index contributed by atoms with van der Waals surface area (Å²) in [6, 6.07) is 0. The van der Waals surface area contributed by atoms with E-state index in [1.54, 1.807) is 0 Å². The van der Waals surface area contributed by atoms with Crippen LogP contribution < -0.4 is 0 Å². The quantitative estimate of drug-likeness (QED) is 0.474. The fraction of sp³-hybridized carbons (Fsp3) is 0. The Morgan fingerprint density at radius 1 is 0.857 bits per heavy atom. The van der Waals surface area contributed by atoms with E-state index >= 15 is 0 Å². The minimum absolute atomic E-state index is 0. The molecule has 0 aromatic heterocycles. The third-order valence-electron chi connectivity index (χ3n) is 0. The SMILES string of the molecule is II.[C]=O.[C]=O.[Fe]. The van der Waals surface area contributed by atoms with E-state index in [0.717, 1.165) is 0 Å². The van der Waals surface area contributed by atoms with Crippen LogP contribution in [-0.4, -0.2) is 13.6 Å². The van der Waals surface area contributed by atoms with Crippen LogP contribution in [0.3, 0.4) is 0 Å². The number of hydrogen-bond acceptors (Lipinski definition) is 2. The molecule has 7 heavy (non-hydrogen) atoms. The summed E-state index contributed by atoms with van der Waals surface area (Å²) in [5, 5.41) is 0. The molecule has 0 atom stereocenters. The topological polar surface area (TPSA) is 34.1 Å². The van der Waals surface area contributed by atoms with Gasteiger partial charge in [-0.05, 0) is 0 Å². The Hall–Kier alpha value is 1.32. The Bertz CT molecular complexity index is 15.7. The summed E-state index contributed by atoms with van der Waals surface area (Å²) in [4.78, 5) is 15.0. The molecule has 0 saturated carbocycles. The van der Waals surface area contributed by atoms with Crippen molar-refractivity contribution in [3.05, 3.63) is 0 Å². The molecule has 0 aromatic carbocycles. The Kier molecular flexibility index (Phi) is 573. The summed E-state index contributed by atoms with van der Waals surface area (Å²) in [5.41, 5.74) is 0. The van der Waals surface area contributed by atoms with E-state index in [1.165, 1.54) is 0 Å². The van der Waals surface area contributed by atoms with Crippen molar-refractivity contribution in [3.8, 4) is 0 Å². The average Bonchev–Trinajstić information content (AvgIpc) is 1.81. The van der Waals surface area contributed by atoms with E-state index < -0.39 is 0 Å². The molecular weight excluding hydrogens is 366 g/mol. The maximum atomic E-state index is 7.50. The molecule has 0 fully saturated rings. The minimum atomic E-state index is 0. The first-order valence-corrected chi connectivity index (χ1v) is 6.84. The number of hydrogen-bond donors (Lipinski definition) is 0. The Morgan fingerprint density at radius 2 is 0.857 bits per heavy atom. The number of carbonyl (C=O) groups excluding carboxylic acids is 2.